The number of aldehydes is 1. The molecule has 1 aromatic rings. The molecule has 142 valence electrons. The van der Waals surface area contributed by atoms with Gasteiger partial charge in [-0.05, 0) is 44.7 Å². The van der Waals surface area contributed by atoms with Gasteiger partial charge in [0.05, 0.1) is 0 Å². The van der Waals surface area contributed by atoms with Gasteiger partial charge in [0.1, 0.15) is 6.29 Å². The van der Waals surface area contributed by atoms with Crippen molar-refractivity contribution in [2.24, 2.45) is 5.92 Å². The van der Waals surface area contributed by atoms with Crippen molar-refractivity contribution < 1.29 is 14.3 Å². The molecule has 2 rings (SSSR count). The molecule has 0 unspecified atom stereocenters. The average molecular weight is 349 g/mol. The van der Waals surface area contributed by atoms with Crippen LogP contribution in [0.5, 0.6) is 0 Å². The van der Waals surface area contributed by atoms with Gasteiger partial charge in [-0.1, -0.05) is 50.3 Å². The number of ether oxygens (including phenoxy) is 2. The standard InChI is InChI=1S/C14H18O.C6H14O2.C2H4/c15-11-14-8-4-7-13(10-14)9-12-5-2-1-3-6-12;1-4-7-6(3)8-5-2;1-2/h4,7-8,10-12H,1-3,5-6,9H2;6H,4-5H2,1-3H3;1-2H2. The Labute approximate surface area is 154 Å². The van der Waals surface area contributed by atoms with Crippen LogP contribution in [0.15, 0.2) is 37.4 Å². The summed E-state index contributed by atoms with van der Waals surface area (Å²) in [5.41, 5.74) is 2.13. The minimum atomic E-state index is -0.0370. The van der Waals surface area contributed by atoms with Gasteiger partial charge in [0.15, 0.2) is 6.29 Å². The summed E-state index contributed by atoms with van der Waals surface area (Å²) in [5, 5.41) is 0. The van der Waals surface area contributed by atoms with E-state index in [1.807, 2.05) is 39.0 Å². The first-order valence-corrected chi connectivity index (χ1v) is 9.46. The van der Waals surface area contributed by atoms with E-state index < -0.39 is 0 Å². The second-order valence-corrected chi connectivity index (χ2v) is 6.05. The van der Waals surface area contributed by atoms with Gasteiger partial charge < -0.3 is 9.47 Å². The first kappa shape index (κ1) is 23.5. The second kappa shape index (κ2) is 16.0. The zero-order valence-corrected chi connectivity index (χ0v) is 16.3. The van der Waals surface area contributed by atoms with Crippen LogP contribution in [0, 0.1) is 5.92 Å². The van der Waals surface area contributed by atoms with Crippen molar-refractivity contribution in [3.05, 3.63) is 48.6 Å². The molecule has 0 N–H and O–H groups in total. The normalized spacial score (nSPS) is 14.1. The summed E-state index contributed by atoms with van der Waals surface area (Å²) in [6.45, 7) is 13.3. The molecule has 0 spiro atoms. The van der Waals surface area contributed by atoms with Crippen molar-refractivity contribution in [1.82, 2.24) is 0 Å². The van der Waals surface area contributed by atoms with E-state index in [4.69, 9.17) is 9.47 Å². The van der Waals surface area contributed by atoms with Crippen molar-refractivity contribution in [3.63, 3.8) is 0 Å². The third-order valence-corrected chi connectivity index (χ3v) is 4.14. The van der Waals surface area contributed by atoms with E-state index in [0.29, 0.717) is 0 Å². The average Bonchev–Trinajstić information content (AvgIpc) is 2.65. The minimum Gasteiger partial charge on any atom is -0.353 e. The molecule has 1 fully saturated rings. The van der Waals surface area contributed by atoms with E-state index in [9.17, 15) is 4.79 Å². The Kier molecular flexibility index (Phi) is 15.1. The molecular weight excluding hydrogens is 312 g/mol. The lowest BCUT2D eigenvalue weighted by molar-refractivity contribution is -0.123. The van der Waals surface area contributed by atoms with Gasteiger partial charge in [-0.25, -0.2) is 0 Å². The van der Waals surface area contributed by atoms with E-state index in [1.165, 1.54) is 37.7 Å². The maximum atomic E-state index is 10.7. The molecule has 0 aliphatic heterocycles. The van der Waals surface area contributed by atoms with Crippen molar-refractivity contribution in [2.45, 2.75) is 65.6 Å². The highest BCUT2D eigenvalue weighted by atomic mass is 16.7. The predicted molar refractivity (Wildman–Crippen MR) is 106 cm³/mol. The molecule has 0 heterocycles. The molecule has 0 atom stereocenters. The Hall–Kier alpha value is -1.45. The van der Waals surface area contributed by atoms with Crippen LogP contribution in [0.1, 0.15) is 68.8 Å². The maximum Gasteiger partial charge on any atom is 0.154 e. The smallest absolute Gasteiger partial charge is 0.154 e. The molecule has 1 aliphatic carbocycles. The van der Waals surface area contributed by atoms with Crippen molar-refractivity contribution >= 4 is 6.29 Å². The van der Waals surface area contributed by atoms with Gasteiger partial charge in [-0.2, -0.15) is 0 Å². The summed E-state index contributed by atoms with van der Waals surface area (Å²) < 4.78 is 10.1. The number of hydrogen-bond acceptors (Lipinski definition) is 3. The van der Waals surface area contributed by atoms with Crippen molar-refractivity contribution in [1.29, 1.82) is 0 Å². The van der Waals surface area contributed by atoms with E-state index in [-0.39, 0.29) is 6.29 Å². The van der Waals surface area contributed by atoms with E-state index in [1.54, 1.807) is 0 Å². The Morgan fingerprint density at radius 1 is 1.12 bits per heavy atom. The van der Waals surface area contributed by atoms with E-state index in [0.717, 1.165) is 37.4 Å². The molecule has 1 aliphatic rings. The zero-order chi connectivity index (χ0) is 18.9. The summed E-state index contributed by atoms with van der Waals surface area (Å²) in [6, 6.07) is 8.03. The Morgan fingerprint density at radius 3 is 2.24 bits per heavy atom. The summed E-state index contributed by atoms with van der Waals surface area (Å²) in [5.74, 6) is 0.848. The molecule has 0 amide bonds. The lowest BCUT2D eigenvalue weighted by Crippen LogP contribution is -2.11. The SMILES string of the molecule is C=C.CCOC(C)OCC.O=Cc1cccc(CC2CCCCC2)c1. The van der Waals surface area contributed by atoms with Crippen LogP contribution in [0.2, 0.25) is 0 Å². The molecule has 3 heteroatoms. The fourth-order valence-corrected chi connectivity index (χ4v) is 3.04. The largest absolute Gasteiger partial charge is 0.353 e. The summed E-state index contributed by atoms with van der Waals surface area (Å²) in [6.07, 6.45) is 8.97. The lowest BCUT2D eigenvalue weighted by atomic mass is 9.85. The molecule has 0 aromatic heterocycles. The highest BCUT2D eigenvalue weighted by Gasteiger charge is 2.13. The monoisotopic (exact) mass is 348 g/mol. The van der Waals surface area contributed by atoms with Crippen LogP contribution in [-0.4, -0.2) is 25.8 Å². The third kappa shape index (κ3) is 11.7. The minimum absolute atomic E-state index is 0.0370. The highest BCUT2D eigenvalue weighted by molar-refractivity contribution is 5.74. The fraction of sp³-hybridized carbons (Fsp3) is 0.591. The molecule has 1 saturated carbocycles. The third-order valence-electron chi connectivity index (χ3n) is 4.14. The molecule has 0 radical (unpaired) electrons. The molecule has 0 saturated heterocycles. The van der Waals surface area contributed by atoms with Crippen LogP contribution in [-0.2, 0) is 15.9 Å². The number of hydrogen-bond donors (Lipinski definition) is 0. The van der Waals surface area contributed by atoms with Crippen LogP contribution in [0.25, 0.3) is 0 Å². The maximum absolute atomic E-state index is 10.7. The summed E-state index contributed by atoms with van der Waals surface area (Å²) >= 11 is 0. The Morgan fingerprint density at radius 2 is 1.72 bits per heavy atom. The van der Waals surface area contributed by atoms with Crippen LogP contribution < -0.4 is 0 Å². The number of rotatable bonds is 7. The fourth-order valence-electron chi connectivity index (χ4n) is 3.04. The molecule has 3 nitrogen and oxygen atoms in total. The lowest BCUT2D eigenvalue weighted by Gasteiger charge is -2.21. The van der Waals surface area contributed by atoms with Crippen molar-refractivity contribution in [3.8, 4) is 0 Å². The predicted octanol–water partition coefficient (Wildman–Crippen LogP) is 5.83. The Bertz CT molecular complexity index is 433. The van der Waals surface area contributed by atoms with Gasteiger partial charge in [-0.3, -0.25) is 4.79 Å². The summed E-state index contributed by atoms with van der Waals surface area (Å²) in [7, 11) is 0. The van der Waals surface area contributed by atoms with Crippen LogP contribution in [0.4, 0.5) is 0 Å². The number of benzene rings is 1. The van der Waals surface area contributed by atoms with Gasteiger partial charge in [0, 0.05) is 18.8 Å². The molecule has 1 aromatic carbocycles. The van der Waals surface area contributed by atoms with Crippen molar-refractivity contribution in [2.75, 3.05) is 13.2 Å². The van der Waals surface area contributed by atoms with Gasteiger partial charge >= 0.3 is 0 Å². The van der Waals surface area contributed by atoms with Gasteiger partial charge in [0.2, 0.25) is 0 Å². The molecule has 25 heavy (non-hydrogen) atoms. The van der Waals surface area contributed by atoms with Gasteiger partial charge in [-0.15, -0.1) is 13.2 Å². The number of carbonyl (C=O) groups is 1. The first-order valence-electron chi connectivity index (χ1n) is 9.46. The number of carbonyl (C=O) groups excluding carboxylic acids is 1. The Balaban J connectivity index is 0.000000493. The quantitative estimate of drug-likeness (QED) is 0.353. The zero-order valence-electron chi connectivity index (χ0n) is 16.3. The second-order valence-electron chi connectivity index (χ2n) is 6.05. The first-order chi connectivity index (χ1) is 12.2. The molecular formula is C22H36O3. The topological polar surface area (TPSA) is 35.5 Å². The molecule has 0 bridgehead atoms. The van der Waals surface area contributed by atoms with Crippen LogP contribution >= 0.6 is 0 Å². The van der Waals surface area contributed by atoms with Gasteiger partial charge in [0.25, 0.3) is 0 Å². The summed E-state index contributed by atoms with van der Waals surface area (Å²) in [4.78, 5) is 10.7. The van der Waals surface area contributed by atoms with Crippen LogP contribution in [0.3, 0.4) is 0 Å². The van der Waals surface area contributed by atoms with E-state index in [2.05, 4.69) is 19.2 Å². The van der Waals surface area contributed by atoms with E-state index >= 15 is 0 Å². The highest BCUT2D eigenvalue weighted by Crippen LogP contribution is 2.26.